The van der Waals surface area contributed by atoms with Gasteiger partial charge in [0.1, 0.15) is 0 Å². The van der Waals surface area contributed by atoms with Crippen molar-refractivity contribution in [3.63, 3.8) is 0 Å². The van der Waals surface area contributed by atoms with Crippen LogP contribution >= 0.6 is 34.5 Å². The maximum absolute atomic E-state index is 4.05. The van der Waals surface area contributed by atoms with Gasteiger partial charge in [0.05, 0.1) is 0 Å². The molecule has 1 rings (SSSR count). The van der Waals surface area contributed by atoms with Crippen LogP contribution in [-0.2, 0) is 25.8 Å². The predicted octanol–water partition coefficient (Wildman–Crippen LogP) is 4.93. The fraction of sp³-hybridized carbons (Fsp3) is 0.917. The molecule has 1 fully saturated rings. The summed E-state index contributed by atoms with van der Waals surface area (Å²) in [6.45, 7) is 0. The largest absolute Gasteiger partial charge is 4.00 e. The second-order valence-corrected chi connectivity index (χ2v) is 6.14. The van der Waals surface area contributed by atoms with Crippen LogP contribution in [0.3, 0.4) is 0 Å². The third-order valence-electron chi connectivity index (χ3n) is 1.98. The molecule has 1 unspecified atom stereocenters. The van der Waals surface area contributed by atoms with Gasteiger partial charge in [-0.05, 0) is 24.5 Å². The molecule has 0 spiro atoms. The van der Waals surface area contributed by atoms with Gasteiger partial charge in [-0.25, -0.2) is 0 Å². The molecule has 0 amide bonds. The summed E-state index contributed by atoms with van der Waals surface area (Å²) in [6, 6.07) is 0. The molecule has 18 heavy (non-hydrogen) atoms. The molecule has 0 aromatic heterocycles. The molecule has 2 atom stereocenters. The summed E-state index contributed by atoms with van der Waals surface area (Å²) in [5, 5.41) is 7.00. The van der Waals surface area contributed by atoms with Crippen molar-refractivity contribution in [1.82, 2.24) is 0 Å². The van der Waals surface area contributed by atoms with Crippen molar-refractivity contribution in [2.24, 2.45) is 5.92 Å². The number of alkyl halides is 1. The van der Waals surface area contributed by atoms with Crippen molar-refractivity contribution in [3.8, 4) is 0 Å². The van der Waals surface area contributed by atoms with Gasteiger partial charge in [0.25, 0.3) is 0 Å². The SMILES string of the molecule is C[N-]C.C[N-]C.C[N-]SC[C@@H]1CCCC1I.[CH3-].[Hf+4]. The third-order valence-corrected chi connectivity index (χ3v) is 4.46. The Hall–Kier alpha value is 1.83. The van der Waals surface area contributed by atoms with Crippen molar-refractivity contribution in [2.45, 2.75) is 23.2 Å². The van der Waals surface area contributed by atoms with E-state index in [-0.39, 0.29) is 33.3 Å². The van der Waals surface area contributed by atoms with Crippen molar-refractivity contribution in [3.05, 3.63) is 22.8 Å². The van der Waals surface area contributed by atoms with Crippen LogP contribution in [0.15, 0.2) is 0 Å². The monoisotopic (exact) mass is 553 g/mol. The third kappa shape index (κ3) is 20.2. The Bertz CT molecular complexity index is 132. The van der Waals surface area contributed by atoms with E-state index in [4.69, 9.17) is 0 Å². The normalized spacial score (nSPS) is 20.3. The van der Waals surface area contributed by atoms with E-state index < -0.39 is 0 Å². The summed E-state index contributed by atoms with van der Waals surface area (Å²) in [7, 11) is 8.88. The molecule has 1 saturated carbocycles. The summed E-state index contributed by atoms with van der Waals surface area (Å²) in [6.07, 6.45) is 4.29. The Labute approximate surface area is 152 Å². The fourth-order valence-electron chi connectivity index (χ4n) is 1.35. The molecular formula is C12H28HfIN3S. The molecule has 0 bridgehead atoms. The maximum atomic E-state index is 4.05. The van der Waals surface area contributed by atoms with Crippen LogP contribution in [0, 0.1) is 13.3 Å². The van der Waals surface area contributed by atoms with Crippen LogP contribution in [0.2, 0.25) is 0 Å². The van der Waals surface area contributed by atoms with E-state index in [1.54, 1.807) is 40.1 Å². The van der Waals surface area contributed by atoms with Gasteiger partial charge < -0.3 is 22.8 Å². The molecule has 6 heteroatoms. The molecule has 1 aliphatic rings. The first-order valence-corrected chi connectivity index (χ1v) is 7.67. The van der Waals surface area contributed by atoms with Crippen LogP contribution < -0.4 is 0 Å². The molecule has 0 heterocycles. The van der Waals surface area contributed by atoms with Crippen LogP contribution in [-0.4, -0.2) is 44.9 Å². The number of halogens is 1. The van der Waals surface area contributed by atoms with Crippen molar-refractivity contribution < 1.29 is 25.8 Å². The van der Waals surface area contributed by atoms with Crippen LogP contribution in [0.5, 0.6) is 0 Å². The van der Waals surface area contributed by atoms with Gasteiger partial charge in [0.15, 0.2) is 0 Å². The molecular weight excluding hydrogens is 524 g/mol. The van der Waals surface area contributed by atoms with Gasteiger partial charge in [0, 0.05) is 3.92 Å². The summed E-state index contributed by atoms with van der Waals surface area (Å²) in [5.41, 5.74) is 0. The quantitative estimate of drug-likeness (QED) is 0.161. The zero-order valence-electron chi connectivity index (χ0n) is 12.6. The van der Waals surface area contributed by atoms with Gasteiger partial charge in [-0.2, -0.15) is 35.2 Å². The molecule has 3 nitrogen and oxygen atoms in total. The van der Waals surface area contributed by atoms with Crippen LogP contribution in [0.4, 0.5) is 0 Å². The molecule has 0 aromatic rings. The van der Waals surface area contributed by atoms with E-state index in [2.05, 4.69) is 37.9 Å². The van der Waals surface area contributed by atoms with Crippen molar-refractivity contribution in [1.29, 1.82) is 0 Å². The van der Waals surface area contributed by atoms with E-state index in [0.717, 1.165) is 9.84 Å². The second kappa shape index (κ2) is 23.9. The first-order chi connectivity index (χ1) is 7.67. The van der Waals surface area contributed by atoms with E-state index in [1.165, 1.54) is 25.0 Å². The Morgan fingerprint density at radius 1 is 1.06 bits per heavy atom. The number of hydrogen-bond donors (Lipinski definition) is 0. The number of rotatable bonds is 3. The Balaban J connectivity index is -0.000000106. The minimum absolute atomic E-state index is 0. The molecule has 0 saturated heterocycles. The molecule has 0 N–H and O–H groups in total. The second-order valence-electron chi connectivity index (χ2n) is 3.58. The maximum Gasteiger partial charge on any atom is 4.00 e. The minimum Gasteiger partial charge on any atom is -0.668 e. The van der Waals surface area contributed by atoms with E-state index in [9.17, 15) is 0 Å². The van der Waals surface area contributed by atoms with E-state index in [0.29, 0.717) is 0 Å². The van der Waals surface area contributed by atoms with Gasteiger partial charge in [-0.15, -0.1) is 0 Å². The summed E-state index contributed by atoms with van der Waals surface area (Å²) < 4.78 is 4.97. The zero-order valence-corrected chi connectivity index (χ0v) is 19.2. The molecule has 1 aliphatic carbocycles. The van der Waals surface area contributed by atoms with E-state index >= 15 is 0 Å². The molecule has 0 aromatic carbocycles. The number of nitrogens with zero attached hydrogens (tertiary/aromatic N) is 3. The molecule has 108 valence electrons. The number of hydrogen-bond acceptors (Lipinski definition) is 1. The van der Waals surface area contributed by atoms with Crippen molar-refractivity contribution >= 4 is 34.5 Å². The van der Waals surface area contributed by atoms with Gasteiger partial charge >= 0.3 is 25.8 Å². The Morgan fingerprint density at radius 3 is 1.78 bits per heavy atom. The Kier molecular flexibility index (Phi) is 37.2. The first kappa shape index (κ1) is 28.1. The molecule has 0 aliphatic heterocycles. The van der Waals surface area contributed by atoms with Crippen LogP contribution in [0.25, 0.3) is 15.4 Å². The summed E-state index contributed by atoms with van der Waals surface area (Å²) >= 11 is 4.31. The first-order valence-electron chi connectivity index (χ1n) is 5.48. The van der Waals surface area contributed by atoms with Gasteiger partial charge in [-0.3, -0.25) is 11.9 Å². The fourth-order valence-corrected chi connectivity index (χ4v) is 3.49. The Morgan fingerprint density at radius 2 is 1.50 bits per heavy atom. The molecule has 0 radical (unpaired) electrons. The smallest absolute Gasteiger partial charge is 0.668 e. The average molecular weight is 552 g/mol. The summed E-state index contributed by atoms with van der Waals surface area (Å²) in [5.74, 6) is 2.18. The topological polar surface area (TPSA) is 42.3 Å². The minimum atomic E-state index is 0. The van der Waals surface area contributed by atoms with Gasteiger partial charge in [-0.1, -0.05) is 29.0 Å². The summed E-state index contributed by atoms with van der Waals surface area (Å²) in [4.78, 5) is 0. The van der Waals surface area contributed by atoms with E-state index in [1.807, 2.05) is 7.05 Å². The standard InChI is InChI=1S/C7H13INS.2C2H6N.CH3.Hf/c1-9-10-5-6-3-2-4-7(6)8;2*1-3-2;;/h6-7H,2-5H2,1H3;2*1-2H3;1H3;/q4*-1;+4/t6-,7?;;;;/m0..../s1. The predicted molar refractivity (Wildman–Crippen MR) is 93.7 cm³/mol. The average Bonchev–Trinajstić information content (AvgIpc) is 2.63. The van der Waals surface area contributed by atoms with Crippen LogP contribution in [0.1, 0.15) is 19.3 Å². The zero-order chi connectivity index (χ0) is 12.8. The van der Waals surface area contributed by atoms with Crippen molar-refractivity contribution in [2.75, 3.05) is 41.0 Å². The van der Waals surface area contributed by atoms with Gasteiger partial charge in [0.2, 0.25) is 0 Å².